The first-order valence-corrected chi connectivity index (χ1v) is 5.25. The van der Waals surface area contributed by atoms with Crippen LogP contribution in [0.4, 0.5) is 21.8 Å². The van der Waals surface area contributed by atoms with Gasteiger partial charge in [-0.2, -0.15) is 4.98 Å². The number of anilines is 3. The average Bonchev–Trinajstić information content (AvgIpc) is 2.22. The second-order valence-electron chi connectivity index (χ2n) is 3.52. The van der Waals surface area contributed by atoms with E-state index in [1.165, 1.54) is 12.1 Å². The highest BCUT2D eigenvalue weighted by Crippen LogP contribution is 2.20. The van der Waals surface area contributed by atoms with Gasteiger partial charge in [0, 0.05) is 11.8 Å². The van der Waals surface area contributed by atoms with Crippen molar-refractivity contribution in [2.45, 2.75) is 6.92 Å². The summed E-state index contributed by atoms with van der Waals surface area (Å²) in [7, 11) is 0. The van der Waals surface area contributed by atoms with Crippen LogP contribution in [0.25, 0.3) is 0 Å². The molecule has 0 unspecified atom stereocenters. The summed E-state index contributed by atoms with van der Waals surface area (Å²) in [5.41, 5.74) is 6.60. The topological polar surface area (TPSA) is 63.8 Å². The Kier molecular flexibility index (Phi) is 3.10. The van der Waals surface area contributed by atoms with Crippen LogP contribution in [0, 0.1) is 12.7 Å². The van der Waals surface area contributed by atoms with Gasteiger partial charge >= 0.3 is 0 Å². The highest BCUT2D eigenvalue weighted by molar-refractivity contribution is 6.29. The van der Waals surface area contributed by atoms with Gasteiger partial charge in [-0.25, -0.2) is 9.37 Å². The molecule has 88 valence electrons. The van der Waals surface area contributed by atoms with Gasteiger partial charge in [-0.15, -0.1) is 0 Å². The fourth-order valence-corrected chi connectivity index (χ4v) is 1.51. The van der Waals surface area contributed by atoms with E-state index in [1.54, 1.807) is 19.1 Å². The standard InChI is InChI=1S/C11H10ClFN4/c1-6-2-3-7(4-8(6)13)15-10-5-9(12)16-11(14)17-10/h2-5H,1H3,(H3,14,15,16,17). The normalized spacial score (nSPS) is 10.3. The third-order valence-electron chi connectivity index (χ3n) is 2.16. The van der Waals surface area contributed by atoms with Gasteiger partial charge in [0.1, 0.15) is 16.8 Å². The Labute approximate surface area is 103 Å². The largest absolute Gasteiger partial charge is 0.368 e. The first-order valence-electron chi connectivity index (χ1n) is 4.88. The average molecular weight is 253 g/mol. The van der Waals surface area contributed by atoms with Gasteiger partial charge in [-0.1, -0.05) is 17.7 Å². The predicted molar refractivity (Wildman–Crippen MR) is 65.9 cm³/mol. The lowest BCUT2D eigenvalue weighted by atomic mass is 10.2. The van der Waals surface area contributed by atoms with Gasteiger partial charge in [0.15, 0.2) is 0 Å². The summed E-state index contributed by atoms with van der Waals surface area (Å²) in [6, 6.07) is 6.30. The molecule has 0 fully saturated rings. The Hall–Kier alpha value is -1.88. The highest BCUT2D eigenvalue weighted by Gasteiger charge is 2.03. The van der Waals surface area contributed by atoms with Crippen molar-refractivity contribution in [3.8, 4) is 0 Å². The third-order valence-corrected chi connectivity index (χ3v) is 2.35. The number of aromatic nitrogens is 2. The van der Waals surface area contributed by atoms with Gasteiger partial charge < -0.3 is 11.1 Å². The number of hydrogen-bond donors (Lipinski definition) is 2. The number of aryl methyl sites for hydroxylation is 1. The zero-order chi connectivity index (χ0) is 12.4. The maximum absolute atomic E-state index is 13.3. The molecule has 0 aliphatic rings. The number of benzene rings is 1. The summed E-state index contributed by atoms with van der Waals surface area (Å²) in [4.78, 5) is 7.66. The van der Waals surface area contributed by atoms with E-state index in [9.17, 15) is 4.39 Å². The molecule has 0 aliphatic heterocycles. The van der Waals surface area contributed by atoms with Gasteiger partial charge in [-0.3, -0.25) is 0 Å². The summed E-state index contributed by atoms with van der Waals surface area (Å²) in [5, 5.41) is 3.13. The van der Waals surface area contributed by atoms with Gasteiger partial charge in [-0.05, 0) is 24.6 Å². The summed E-state index contributed by atoms with van der Waals surface area (Å²) in [5.74, 6) is 0.196. The Balaban J connectivity index is 2.28. The fraction of sp³-hybridized carbons (Fsp3) is 0.0909. The van der Waals surface area contributed by atoms with Crippen molar-refractivity contribution < 1.29 is 4.39 Å². The molecule has 1 heterocycles. The van der Waals surface area contributed by atoms with Crippen molar-refractivity contribution >= 4 is 29.1 Å². The van der Waals surface area contributed by atoms with E-state index in [4.69, 9.17) is 17.3 Å². The van der Waals surface area contributed by atoms with Crippen LogP contribution in [-0.4, -0.2) is 9.97 Å². The lowest BCUT2D eigenvalue weighted by Gasteiger charge is -2.07. The van der Waals surface area contributed by atoms with Crippen LogP contribution in [0.5, 0.6) is 0 Å². The molecule has 1 aromatic carbocycles. The minimum atomic E-state index is -0.289. The molecular formula is C11H10ClFN4. The molecule has 0 radical (unpaired) electrons. The molecule has 0 saturated carbocycles. The molecule has 0 spiro atoms. The molecule has 4 nitrogen and oxygen atoms in total. The minimum Gasteiger partial charge on any atom is -0.368 e. The lowest BCUT2D eigenvalue weighted by molar-refractivity contribution is 0.619. The summed E-state index contributed by atoms with van der Waals surface area (Å²) >= 11 is 5.73. The highest BCUT2D eigenvalue weighted by atomic mass is 35.5. The lowest BCUT2D eigenvalue weighted by Crippen LogP contribution is -2.00. The van der Waals surface area contributed by atoms with E-state index in [0.29, 0.717) is 17.1 Å². The van der Waals surface area contributed by atoms with Gasteiger partial charge in [0.25, 0.3) is 0 Å². The Bertz CT molecular complexity index is 539. The number of hydrogen-bond acceptors (Lipinski definition) is 4. The van der Waals surface area contributed by atoms with Crippen LogP contribution in [0.3, 0.4) is 0 Å². The molecule has 3 N–H and O–H groups in total. The van der Waals surface area contributed by atoms with E-state index >= 15 is 0 Å². The molecule has 6 heteroatoms. The fourth-order valence-electron chi connectivity index (χ4n) is 1.32. The van der Waals surface area contributed by atoms with E-state index in [0.717, 1.165) is 0 Å². The molecule has 2 rings (SSSR count). The number of nitrogens with two attached hydrogens (primary N) is 1. The predicted octanol–water partition coefficient (Wildman–Crippen LogP) is 2.90. The van der Waals surface area contributed by atoms with E-state index in [1.807, 2.05) is 0 Å². The van der Waals surface area contributed by atoms with Crippen LogP contribution >= 0.6 is 11.6 Å². The van der Waals surface area contributed by atoms with Crippen LogP contribution in [-0.2, 0) is 0 Å². The van der Waals surface area contributed by atoms with Crippen LogP contribution in [0.1, 0.15) is 5.56 Å². The van der Waals surface area contributed by atoms with Crippen molar-refractivity contribution in [1.29, 1.82) is 0 Å². The van der Waals surface area contributed by atoms with Gasteiger partial charge in [0.05, 0.1) is 0 Å². The van der Waals surface area contributed by atoms with Crippen molar-refractivity contribution in [2.75, 3.05) is 11.1 Å². The van der Waals surface area contributed by atoms with Crippen LogP contribution < -0.4 is 11.1 Å². The Morgan fingerprint density at radius 3 is 2.71 bits per heavy atom. The second-order valence-corrected chi connectivity index (χ2v) is 3.91. The first kappa shape index (κ1) is 11.6. The number of halogens is 2. The number of rotatable bonds is 2. The van der Waals surface area contributed by atoms with Crippen molar-refractivity contribution in [3.05, 3.63) is 40.8 Å². The quantitative estimate of drug-likeness (QED) is 0.807. The third kappa shape index (κ3) is 2.82. The molecular weight excluding hydrogens is 243 g/mol. The zero-order valence-corrected chi connectivity index (χ0v) is 9.79. The zero-order valence-electron chi connectivity index (χ0n) is 9.04. The molecule has 0 amide bonds. The maximum atomic E-state index is 13.3. The molecule has 2 aromatic rings. The number of nitrogens with zero attached hydrogens (tertiary/aromatic N) is 2. The summed E-state index contributed by atoms with van der Waals surface area (Å²) < 4.78 is 13.3. The summed E-state index contributed by atoms with van der Waals surface area (Å²) in [6.45, 7) is 1.69. The monoisotopic (exact) mass is 252 g/mol. The van der Waals surface area contributed by atoms with Crippen molar-refractivity contribution in [2.24, 2.45) is 0 Å². The second kappa shape index (κ2) is 4.55. The molecule has 17 heavy (non-hydrogen) atoms. The number of nitrogens with one attached hydrogen (secondary N) is 1. The SMILES string of the molecule is Cc1ccc(Nc2cc(Cl)nc(N)n2)cc1F. The molecule has 0 atom stereocenters. The Morgan fingerprint density at radius 2 is 2.06 bits per heavy atom. The maximum Gasteiger partial charge on any atom is 0.223 e. The van der Waals surface area contributed by atoms with Crippen LogP contribution in [0.15, 0.2) is 24.3 Å². The van der Waals surface area contributed by atoms with Gasteiger partial charge in [0.2, 0.25) is 5.95 Å². The molecule has 0 bridgehead atoms. The van der Waals surface area contributed by atoms with Crippen molar-refractivity contribution in [3.63, 3.8) is 0 Å². The Morgan fingerprint density at radius 1 is 1.29 bits per heavy atom. The van der Waals surface area contributed by atoms with Crippen LogP contribution in [0.2, 0.25) is 5.15 Å². The molecule has 1 aromatic heterocycles. The van der Waals surface area contributed by atoms with E-state index in [2.05, 4.69) is 15.3 Å². The van der Waals surface area contributed by atoms with E-state index in [-0.39, 0.29) is 16.9 Å². The van der Waals surface area contributed by atoms with Crippen molar-refractivity contribution in [1.82, 2.24) is 9.97 Å². The smallest absolute Gasteiger partial charge is 0.223 e. The first-order chi connectivity index (χ1) is 8.04. The molecule has 0 aliphatic carbocycles. The number of nitrogen functional groups attached to an aromatic ring is 1. The minimum absolute atomic E-state index is 0.0626. The van der Waals surface area contributed by atoms with E-state index < -0.39 is 0 Å². The molecule has 0 saturated heterocycles. The summed E-state index contributed by atoms with van der Waals surface area (Å²) in [6.07, 6.45) is 0.